The van der Waals surface area contributed by atoms with Crippen molar-refractivity contribution in [1.82, 2.24) is 14.0 Å². The molecule has 1 aliphatic heterocycles. The van der Waals surface area contributed by atoms with E-state index in [0.717, 1.165) is 69.5 Å². The lowest BCUT2D eigenvalue weighted by Crippen LogP contribution is -2.44. The molecule has 174 valence electrons. The first-order chi connectivity index (χ1) is 16.0. The molecule has 2 aromatic carbocycles. The van der Waals surface area contributed by atoms with Gasteiger partial charge in [0.25, 0.3) is 0 Å². The molecular weight excluding hydrogens is 412 g/mol. The SMILES string of the molecule is CN1CCN(c2ccccc2CCn2ccn(-c3ccc(C4(O)CCCC4)cc3)c2=O)CC1. The number of aliphatic hydroxyl groups is 1. The molecule has 1 aliphatic carbocycles. The number of imidazole rings is 1. The first kappa shape index (κ1) is 22.0. The molecule has 1 N–H and O–H groups in total. The van der Waals surface area contributed by atoms with Crippen LogP contribution in [0.1, 0.15) is 36.8 Å². The summed E-state index contributed by atoms with van der Waals surface area (Å²) in [6.07, 6.45) is 8.30. The van der Waals surface area contributed by atoms with Crippen LogP contribution in [-0.2, 0) is 18.6 Å². The van der Waals surface area contributed by atoms with Gasteiger partial charge in [0.2, 0.25) is 0 Å². The molecule has 0 amide bonds. The summed E-state index contributed by atoms with van der Waals surface area (Å²) in [6, 6.07) is 16.4. The second-order valence-corrected chi connectivity index (χ2v) is 9.60. The van der Waals surface area contributed by atoms with Gasteiger partial charge in [0.05, 0.1) is 11.3 Å². The van der Waals surface area contributed by atoms with E-state index in [0.29, 0.717) is 6.54 Å². The number of benzene rings is 2. The van der Waals surface area contributed by atoms with E-state index in [1.165, 1.54) is 11.3 Å². The van der Waals surface area contributed by atoms with E-state index in [-0.39, 0.29) is 5.69 Å². The van der Waals surface area contributed by atoms with Gasteiger partial charge in [-0.15, -0.1) is 0 Å². The average Bonchev–Trinajstić information content (AvgIpc) is 3.45. The molecule has 0 spiro atoms. The van der Waals surface area contributed by atoms with Crippen LogP contribution in [0.3, 0.4) is 0 Å². The Kier molecular flexibility index (Phi) is 6.13. The average molecular weight is 447 g/mol. The summed E-state index contributed by atoms with van der Waals surface area (Å²) < 4.78 is 3.48. The largest absolute Gasteiger partial charge is 0.385 e. The van der Waals surface area contributed by atoms with Crippen LogP contribution in [0, 0.1) is 0 Å². The van der Waals surface area contributed by atoms with Gasteiger partial charge in [-0.3, -0.25) is 9.13 Å². The Morgan fingerprint density at radius 2 is 1.61 bits per heavy atom. The Bertz CT molecular complexity index is 1130. The maximum Gasteiger partial charge on any atom is 0.332 e. The summed E-state index contributed by atoms with van der Waals surface area (Å²) in [6.45, 7) is 4.87. The van der Waals surface area contributed by atoms with E-state index in [4.69, 9.17) is 0 Å². The van der Waals surface area contributed by atoms with Crippen molar-refractivity contribution in [2.45, 2.75) is 44.2 Å². The maximum atomic E-state index is 13.1. The summed E-state index contributed by atoms with van der Waals surface area (Å²) in [4.78, 5) is 17.9. The van der Waals surface area contributed by atoms with Crippen LogP contribution in [0.4, 0.5) is 5.69 Å². The molecule has 2 heterocycles. The van der Waals surface area contributed by atoms with Gasteiger partial charge >= 0.3 is 5.69 Å². The quantitative estimate of drug-likeness (QED) is 0.631. The van der Waals surface area contributed by atoms with Crippen molar-refractivity contribution in [1.29, 1.82) is 0 Å². The number of hydrogen-bond acceptors (Lipinski definition) is 4. The molecule has 1 saturated carbocycles. The molecule has 0 bridgehead atoms. The second-order valence-electron chi connectivity index (χ2n) is 9.60. The zero-order valence-electron chi connectivity index (χ0n) is 19.5. The maximum absolute atomic E-state index is 13.1. The Morgan fingerprint density at radius 1 is 0.909 bits per heavy atom. The lowest BCUT2D eigenvalue weighted by Gasteiger charge is -2.35. The van der Waals surface area contributed by atoms with Crippen LogP contribution in [0.5, 0.6) is 0 Å². The monoisotopic (exact) mass is 446 g/mol. The fraction of sp³-hybridized carbons (Fsp3) is 0.444. The summed E-state index contributed by atoms with van der Waals surface area (Å²) in [5, 5.41) is 10.8. The van der Waals surface area contributed by atoms with Crippen molar-refractivity contribution >= 4 is 5.69 Å². The molecule has 1 saturated heterocycles. The molecule has 3 aromatic rings. The number of aryl methyl sites for hydroxylation is 2. The first-order valence-electron chi connectivity index (χ1n) is 12.2. The number of aromatic nitrogens is 2. The number of nitrogens with zero attached hydrogens (tertiary/aromatic N) is 4. The lowest BCUT2D eigenvalue weighted by molar-refractivity contribution is 0.0445. The highest BCUT2D eigenvalue weighted by Gasteiger charge is 2.32. The van der Waals surface area contributed by atoms with Crippen LogP contribution in [0.2, 0.25) is 0 Å². The Hall–Kier alpha value is -2.83. The van der Waals surface area contributed by atoms with Crippen molar-refractivity contribution in [2.75, 3.05) is 38.1 Å². The molecule has 33 heavy (non-hydrogen) atoms. The van der Waals surface area contributed by atoms with Crippen molar-refractivity contribution in [2.24, 2.45) is 0 Å². The summed E-state index contributed by atoms with van der Waals surface area (Å²) >= 11 is 0. The molecular formula is C27H34N4O2. The second kappa shape index (κ2) is 9.20. The van der Waals surface area contributed by atoms with Gasteiger partial charge in [-0.25, -0.2) is 4.79 Å². The smallest absolute Gasteiger partial charge is 0.332 e. The van der Waals surface area contributed by atoms with E-state index < -0.39 is 5.60 Å². The Morgan fingerprint density at radius 3 is 2.33 bits per heavy atom. The van der Waals surface area contributed by atoms with Gasteiger partial charge in [0, 0.05) is 50.8 Å². The third kappa shape index (κ3) is 4.50. The van der Waals surface area contributed by atoms with Crippen molar-refractivity contribution in [3.8, 4) is 5.69 Å². The normalized spacial score (nSPS) is 18.7. The van der Waals surface area contributed by atoms with Crippen molar-refractivity contribution < 1.29 is 5.11 Å². The van der Waals surface area contributed by atoms with Crippen LogP contribution in [0.15, 0.2) is 65.7 Å². The van der Waals surface area contributed by atoms with E-state index in [9.17, 15) is 9.90 Å². The minimum atomic E-state index is -0.702. The fourth-order valence-electron chi connectivity index (χ4n) is 5.28. The molecule has 6 nitrogen and oxygen atoms in total. The van der Waals surface area contributed by atoms with Gasteiger partial charge in [0.15, 0.2) is 0 Å². The Labute approximate surface area is 195 Å². The molecule has 6 heteroatoms. The number of rotatable bonds is 6. The number of para-hydroxylation sites is 1. The van der Waals surface area contributed by atoms with Gasteiger partial charge in [-0.05, 0) is 55.6 Å². The highest BCUT2D eigenvalue weighted by molar-refractivity contribution is 5.54. The van der Waals surface area contributed by atoms with Crippen LogP contribution in [-0.4, -0.2) is 52.4 Å². The predicted molar refractivity (Wildman–Crippen MR) is 132 cm³/mol. The van der Waals surface area contributed by atoms with E-state index in [1.54, 1.807) is 9.13 Å². The third-order valence-electron chi connectivity index (χ3n) is 7.42. The summed E-state index contributed by atoms with van der Waals surface area (Å²) in [5.74, 6) is 0. The van der Waals surface area contributed by atoms with E-state index in [1.807, 2.05) is 36.7 Å². The van der Waals surface area contributed by atoms with Gasteiger partial charge in [-0.2, -0.15) is 0 Å². The number of anilines is 1. The summed E-state index contributed by atoms with van der Waals surface area (Å²) in [7, 11) is 2.17. The van der Waals surface area contributed by atoms with Crippen molar-refractivity contribution in [3.05, 3.63) is 82.5 Å². The highest BCUT2D eigenvalue weighted by Crippen LogP contribution is 2.38. The van der Waals surface area contributed by atoms with Crippen LogP contribution >= 0.6 is 0 Å². The molecule has 1 aromatic heterocycles. The molecule has 0 radical (unpaired) electrons. The topological polar surface area (TPSA) is 53.6 Å². The number of hydrogen-bond donors (Lipinski definition) is 1. The van der Waals surface area contributed by atoms with Crippen LogP contribution < -0.4 is 10.6 Å². The lowest BCUT2D eigenvalue weighted by atomic mass is 9.92. The number of likely N-dealkylation sites (N-methyl/N-ethyl adjacent to an activating group) is 1. The zero-order valence-corrected chi connectivity index (χ0v) is 19.5. The minimum Gasteiger partial charge on any atom is -0.385 e. The van der Waals surface area contributed by atoms with E-state index in [2.05, 4.69) is 41.1 Å². The standard InChI is InChI=1S/C27H34N4O2/c1-28-16-18-29(19-17-28)25-7-3-2-6-22(25)12-15-30-20-21-31(26(30)32)24-10-8-23(9-11-24)27(33)13-4-5-14-27/h2-3,6-11,20-21,33H,4-5,12-19H2,1H3. The van der Waals surface area contributed by atoms with Gasteiger partial charge < -0.3 is 14.9 Å². The van der Waals surface area contributed by atoms with Crippen LogP contribution in [0.25, 0.3) is 5.69 Å². The molecule has 5 rings (SSSR count). The first-order valence-corrected chi connectivity index (χ1v) is 12.2. The summed E-state index contributed by atoms with van der Waals surface area (Å²) in [5.41, 5.74) is 3.64. The molecule has 2 fully saturated rings. The van der Waals surface area contributed by atoms with Gasteiger partial charge in [0.1, 0.15) is 0 Å². The number of piperazine rings is 1. The molecule has 0 unspecified atom stereocenters. The highest BCUT2D eigenvalue weighted by atomic mass is 16.3. The minimum absolute atomic E-state index is 0.0283. The molecule has 2 aliphatic rings. The fourth-order valence-corrected chi connectivity index (χ4v) is 5.28. The third-order valence-corrected chi connectivity index (χ3v) is 7.42. The molecule has 0 atom stereocenters. The Balaban J connectivity index is 1.29. The predicted octanol–water partition coefficient (Wildman–Crippen LogP) is 3.40. The van der Waals surface area contributed by atoms with E-state index >= 15 is 0 Å². The van der Waals surface area contributed by atoms with Crippen molar-refractivity contribution in [3.63, 3.8) is 0 Å². The van der Waals surface area contributed by atoms with Gasteiger partial charge in [-0.1, -0.05) is 43.2 Å². The zero-order chi connectivity index (χ0) is 22.8.